The van der Waals surface area contributed by atoms with Crippen LogP contribution < -0.4 is 0 Å². The molecule has 0 bridgehead atoms. The number of fused-ring (bicyclic) bond motifs is 1. The summed E-state index contributed by atoms with van der Waals surface area (Å²) in [6, 6.07) is 6.84. The van der Waals surface area contributed by atoms with E-state index in [0.29, 0.717) is 11.1 Å². The molecule has 116 valence electrons. The summed E-state index contributed by atoms with van der Waals surface area (Å²) in [7, 11) is 2.24. The van der Waals surface area contributed by atoms with Gasteiger partial charge in [-0.25, -0.2) is 9.59 Å². The van der Waals surface area contributed by atoms with Gasteiger partial charge < -0.3 is 14.2 Å². The van der Waals surface area contributed by atoms with Crippen LogP contribution in [0.4, 0.5) is 0 Å². The molecule has 2 rings (SSSR count). The van der Waals surface area contributed by atoms with E-state index in [2.05, 4.69) is 4.99 Å². The average Bonchev–Trinajstić information content (AvgIpc) is 2.53. The van der Waals surface area contributed by atoms with Gasteiger partial charge in [-0.05, 0) is 5.56 Å². The van der Waals surface area contributed by atoms with E-state index in [1.165, 1.54) is 13.1 Å². The van der Waals surface area contributed by atoms with Crippen LogP contribution in [0.25, 0.3) is 0 Å². The Bertz CT molecular complexity index is 635. The summed E-state index contributed by atoms with van der Waals surface area (Å²) in [6.07, 6.45) is 0.106. The molecule has 0 N–H and O–H groups in total. The van der Waals surface area contributed by atoms with E-state index in [9.17, 15) is 14.4 Å². The maximum atomic E-state index is 12.3. The van der Waals surface area contributed by atoms with E-state index in [-0.39, 0.29) is 0 Å². The number of hydrogen-bond acceptors (Lipinski definition) is 7. The van der Waals surface area contributed by atoms with Gasteiger partial charge in [0.2, 0.25) is 0 Å². The minimum Gasteiger partial charge on any atom is -0.467 e. The Labute approximate surface area is 126 Å². The topological polar surface area (TPSA) is 91.3 Å². The third-order valence-electron chi connectivity index (χ3n) is 3.34. The summed E-state index contributed by atoms with van der Waals surface area (Å²) in [4.78, 5) is 40.0. The van der Waals surface area contributed by atoms with Crippen LogP contribution in [0.3, 0.4) is 0 Å². The van der Waals surface area contributed by atoms with Crippen LogP contribution in [0.1, 0.15) is 24.2 Å². The molecule has 7 nitrogen and oxygen atoms in total. The van der Waals surface area contributed by atoms with E-state index in [0.717, 1.165) is 14.2 Å². The molecule has 0 fully saturated rings. The quantitative estimate of drug-likeness (QED) is 0.466. The van der Waals surface area contributed by atoms with Crippen molar-refractivity contribution >= 4 is 24.1 Å². The van der Waals surface area contributed by atoms with Crippen LogP contribution in [-0.2, 0) is 28.6 Å². The van der Waals surface area contributed by atoms with Gasteiger partial charge in [-0.3, -0.25) is 9.79 Å². The van der Waals surface area contributed by atoms with Gasteiger partial charge in [-0.1, -0.05) is 24.3 Å². The lowest BCUT2D eigenvalue weighted by Gasteiger charge is -2.35. The van der Waals surface area contributed by atoms with Gasteiger partial charge in [0.05, 0.1) is 14.2 Å². The lowest BCUT2D eigenvalue weighted by atomic mass is 9.83. The third-order valence-corrected chi connectivity index (χ3v) is 3.34. The molecule has 1 aromatic carbocycles. The van der Waals surface area contributed by atoms with Crippen LogP contribution in [-0.4, -0.2) is 43.9 Å². The van der Waals surface area contributed by atoms with Crippen LogP contribution in [0, 0.1) is 0 Å². The fraction of sp³-hybridized carbons (Fsp3) is 0.333. The van der Waals surface area contributed by atoms with E-state index < -0.39 is 29.6 Å². The summed E-state index contributed by atoms with van der Waals surface area (Å²) >= 11 is 0. The Morgan fingerprint density at radius 1 is 1.09 bits per heavy atom. The van der Waals surface area contributed by atoms with Gasteiger partial charge in [-0.2, -0.15) is 0 Å². The van der Waals surface area contributed by atoms with Crippen molar-refractivity contribution in [3.05, 3.63) is 35.4 Å². The van der Waals surface area contributed by atoms with Crippen molar-refractivity contribution in [2.24, 2.45) is 4.99 Å². The normalized spacial score (nSPS) is 18.0. The van der Waals surface area contributed by atoms with Crippen molar-refractivity contribution in [2.75, 3.05) is 14.2 Å². The van der Waals surface area contributed by atoms with E-state index in [1.807, 2.05) is 0 Å². The van der Waals surface area contributed by atoms with Crippen molar-refractivity contribution in [1.29, 1.82) is 0 Å². The van der Waals surface area contributed by atoms with Crippen molar-refractivity contribution in [3.63, 3.8) is 0 Å². The van der Waals surface area contributed by atoms with Gasteiger partial charge in [0, 0.05) is 18.7 Å². The maximum absolute atomic E-state index is 12.3. The predicted octanol–water partition coefficient (Wildman–Crippen LogP) is 0.808. The molecule has 1 aromatic rings. The summed E-state index contributed by atoms with van der Waals surface area (Å²) in [6.45, 7) is 1.18. The molecule has 1 aliphatic heterocycles. The Morgan fingerprint density at radius 3 is 2.23 bits per heavy atom. The number of aliphatic imine (C=N–C) groups is 1. The second-order valence-electron chi connectivity index (χ2n) is 4.63. The molecule has 1 atom stereocenters. The number of carbonyl (C=O) groups is 3. The van der Waals surface area contributed by atoms with Crippen LogP contribution in [0.15, 0.2) is 29.3 Å². The number of carbonyl (C=O) groups excluding carboxylic acids is 3. The lowest BCUT2D eigenvalue weighted by Crippen LogP contribution is -2.54. The molecule has 0 spiro atoms. The van der Waals surface area contributed by atoms with Crippen LogP contribution in [0.5, 0.6) is 0 Å². The van der Waals surface area contributed by atoms with Gasteiger partial charge in [0.15, 0.2) is 6.10 Å². The second kappa shape index (κ2) is 5.97. The van der Waals surface area contributed by atoms with E-state index in [4.69, 9.17) is 14.2 Å². The highest BCUT2D eigenvalue weighted by molar-refractivity contribution is 6.09. The van der Waals surface area contributed by atoms with E-state index in [1.54, 1.807) is 24.3 Å². The molecular weight excluding hydrogens is 290 g/mol. The van der Waals surface area contributed by atoms with E-state index >= 15 is 0 Å². The molecule has 1 heterocycles. The number of hydrogen-bond donors (Lipinski definition) is 0. The Kier molecular flexibility index (Phi) is 4.25. The third kappa shape index (κ3) is 2.34. The average molecular weight is 305 g/mol. The van der Waals surface area contributed by atoms with Crippen LogP contribution >= 0.6 is 0 Å². The van der Waals surface area contributed by atoms with Gasteiger partial charge >= 0.3 is 17.9 Å². The zero-order valence-electron chi connectivity index (χ0n) is 12.4. The van der Waals surface area contributed by atoms with Crippen molar-refractivity contribution in [3.8, 4) is 0 Å². The van der Waals surface area contributed by atoms with Crippen LogP contribution in [0.2, 0.25) is 0 Å². The molecule has 1 unspecified atom stereocenters. The highest BCUT2D eigenvalue weighted by Gasteiger charge is 2.59. The first-order valence-electron chi connectivity index (χ1n) is 6.45. The number of nitrogens with zero attached hydrogens (tertiary/aromatic N) is 1. The minimum absolute atomic E-state index is 0.475. The number of ether oxygens (including phenoxy) is 3. The fourth-order valence-electron chi connectivity index (χ4n) is 2.36. The first-order chi connectivity index (χ1) is 10.5. The molecule has 0 radical (unpaired) electrons. The van der Waals surface area contributed by atoms with Crippen molar-refractivity contribution in [2.45, 2.75) is 18.6 Å². The molecule has 22 heavy (non-hydrogen) atoms. The minimum atomic E-state index is -2.11. The zero-order valence-corrected chi connectivity index (χ0v) is 12.4. The number of esters is 3. The molecular formula is C15H15NO6. The molecule has 7 heteroatoms. The predicted molar refractivity (Wildman–Crippen MR) is 75.3 cm³/mol. The zero-order chi connectivity index (χ0) is 16.3. The summed E-state index contributed by atoms with van der Waals surface area (Å²) in [5, 5.41) is 0. The van der Waals surface area contributed by atoms with Crippen molar-refractivity contribution in [1.82, 2.24) is 0 Å². The first-order valence-corrected chi connectivity index (χ1v) is 6.45. The fourth-order valence-corrected chi connectivity index (χ4v) is 2.36. The number of rotatable bonds is 3. The second-order valence-corrected chi connectivity index (χ2v) is 4.63. The smallest absolute Gasteiger partial charge is 0.349 e. The molecule has 1 aliphatic rings. The Balaban J connectivity index is 2.68. The molecule has 0 amide bonds. The maximum Gasteiger partial charge on any atom is 0.349 e. The van der Waals surface area contributed by atoms with Crippen molar-refractivity contribution < 1.29 is 28.6 Å². The standard InChI is InChI=1S/C15H15NO6/c1-9(17)22-12-11-7-5-4-6-10(11)8-16-15(12,13(18)20-2)14(19)21-3/h4-8,12H,1-3H3. The Hall–Kier alpha value is -2.70. The summed E-state index contributed by atoms with van der Waals surface area (Å²) in [5.41, 5.74) is -0.996. The largest absolute Gasteiger partial charge is 0.467 e. The molecule has 0 saturated carbocycles. The summed E-state index contributed by atoms with van der Waals surface area (Å²) < 4.78 is 14.6. The lowest BCUT2D eigenvalue weighted by molar-refractivity contribution is -0.173. The summed E-state index contributed by atoms with van der Waals surface area (Å²) in [5.74, 6) is -2.58. The Morgan fingerprint density at radius 2 is 1.68 bits per heavy atom. The molecule has 0 aromatic heterocycles. The van der Waals surface area contributed by atoms with Gasteiger partial charge in [-0.15, -0.1) is 0 Å². The monoisotopic (exact) mass is 305 g/mol. The highest BCUT2D eigenvalue weighted by atomic mass is 16.6. The SMILES string of the molecule is COC(=O)C1(C(=O)OC)N=Cc2ccccc2C1OC(C)=O. The molecule has 0 saturated heterocycles. The number of benzene rings is 1. The van der Waals surface area contributed by atoms with Gasteiger partial charge in [0.1, 0.15) is 0 Å². The molecule has 0 aliphatic carbocycles. The first kappa shape index (κ1) is 15.7. The number of methoxy groups -OCH3 is 2. The van der Waals surface area contributed by atoms with Gasteiger partial charge in [0.25, 0.3) is 5.54 Å². The highest BCUT2D eigenvalue weighted by Crippen LogP contribution is 2.39.